The van der Waals surface area contributed by atoms with Gasteiger partial charge in [-0.3, -0.25) is 4.21 Å². The van der Waals surface area contributed by atoms with Crippen LogP contribution < -0.4 is 10.6 Å². The van der Waals surface area contributed by atoms with Gasteiger partial charge in [-0.2, -0.15) is 0 Å². The van der Waals surface area contributed by atoms with Crippen LogP contribution in [0.4, 0.5) is 0 Å². The summed E-state index contributed by atoms with van der Waals surface area (Å²) in [5.74, 6) is 1.96. The van der Waals surface area contributed by atoms with Crippen molar-refractivity contribution in [3.63, 3.8) is 0 Å². The van der Waals surface area contributed by atoms with E-state index in [0.29, 0.717) is 24.6 Å². The van der Waals surface area contributed by atoms with E-state index in [1.54, 1.807) is 0 Å². The number of guanidine groups is 1. The minimum absolute atomic E-state index is 0. The van der Waals surface area contributed by atoms with Crippen LogP contribution in [0, 0.1) is 6.92 Å². The SMILES string of the molecule is CCNC(=NCc1ccc(C)cc1)NCCS(=O)Cc1ccccc1.I. The molecule has 142 valence electrons. The van der Waals surface area contributed by atoms with Gasteiger partial charge in [0.15, 0.2) is 5.96 Å². The van der Waals surface area contributed by atoms with Crippen molar-refractivity contribution in [2.75, 3.05) is 18.8 Å². The summed E-state index contributed by atoms with van der Waals surface area (Å²) in [7, 11) is -0.879. The molecule has 0 bridgehead atoms. The third kappa shape index (κ3) is 8.80. The van der Waals surface area contributed by atoms with Crippen molar-refractivity contribution in [1.29, 1.82) is 0 Å². The molecule has 0 aliphatic rings. The Hall–Kier alpha value is -1.41. The van der Waals surface area contributed by atoms with E-state index in [2.05, 4.69) is 46.8 Å². The molecule has 4 nitrogen and oxygen atoms in total. The van der Waals surface area contributed by atoms with Crippen LogP contribution in [-0.4, -0.2) is 29.0 Å². The average molecular weight is 485 g/mol. The molecular formula is C20H28IN3OS. The van der Waals surface area contributed by atoms with Crippen LogP contribution in [0.5, 0.6) is 0 Å². The Morgan fingerprint density at radius 3 is 2.35 bits per heavy atom. The molecule has 2 rings (SSSR count). The Morgan fingerprint density at radius 1 is 1.00 bits per heavy atom. The maximum Gasteiger partial charge on any atom is 0.191 e. The topological polar surface area (TPSA) is 53.5 Å². The molecule has 2 N–H and O–H groups in total. The largest absolute Gasteiger partial charge is 0.357 e. The molecule has 0 saturated carbocycles. The van der Waals surface area contributed by atoms with Crippen LogP contribution in [0.2, 0.25) is 0 Å². The Balaban J connectivity index is 0.00000338. The lowest BCUT2D eigenvalue weighted by Gasteiger charge is -2.11. The first-order valence-electron chi connectivity index (χ1n) is 8.64. The second-order valence-corrected chi connectivity index (χ2v) is 7.46. The van der Waals surface area contributed by atoms with Crippen LogP contribution in [0.25, 0.3) is 0 Å². The zero-order chi connectivity index (χ0) is 17.9. The molecule has 0 heterocycles. The van der Waals surface area contributed by atoms with Gasteiger partial charge in [-0.25, -0.2) is 4.99 Å². The minimum atomic E-state index is -0.879. The van der Waals surface area contributed by atoms with E-state index < -0.39 is 10.8 Å². The number of hydrogen-bond acceptors (Lipinski definition) is 2. The van der Waals surface area contributed by atoms with E-state index in [0.717, 1.165) is 18.1 Å². The number of aryl methyl sites for hydroxylation is 1. The number of benzene rings is 2. The number of nitrogens with one attached hydrogen (secondary N) is 2. The van der Waals surface area contributed by atoms with Crippen LogP contribution in [0.3, 0.4) is 0 Å². The summed E-state index contributed by atoms with van der Waals surface area (Å²) in [6, 6.07) is 18.3. The number of rotatable bonds is 8. The molecule has 0 aliphatic carbocycles. The second-order valence-electron chi connectivity index (χ2n) is 5.88. The van der Waals surface area contributed by atoms with Crippen molar-refractivity contribution in [2.24, 2.45) is 4.99 Å². The molecule has 2 aromatic carbocycles. The summed E-state index contributed by atoms with van der Waals surface area (Å²) in [5, 5.41) is 6.49. The summed E-state index contributed by atoms with van der Waals surface area (Å²) < 4.78 is 12.2. The second kappa shape index (κ2) is 12.9. The van der Waals surface area contributed by atoms with Gasteiger partial charge in [-0.1, -0.05) is 60.2 Å². The highest BCUT2D eigenvalue weighted by atomic mass is 127. The monoisotopic (exact) mass is 485 g/mol. The molecule has 0 radical (unpaired) electrons. The van der Waals surface area contributed by atoms with Gasteiger partial charge in [0, 0.05) is 35.4 Å². The maximum absolute atomic E-state index is 12.2. The molecule has 2 aromatic rings. The third-order valence-electron chi connectivity index (χ3n) is 3.68. The highest BCUT2D eigenvalue weighted by molar-refractivity contribution is 14.0. The van der Waals surface area contributed by atoms with Gasteiger partial charge in [-0.05, 0) is 25.0 Å². The van der Waals surface area contributed by atoms with Gasteiger partial charge in [0.25, 0.3) is 0 Å². The fraction of sp³-hybridized carbons (Fsp3) is 0.350. The lowest BCUT2D eigenvalue weighted by atomic mass is 10.1. The first kappa shape index (κ1) is 22.6. The van der Waals surface area contributed by atoms with E-state index in [1.807, 2.05) is 37.3 Å². The first-order chi connectivity index (χ1) is 12.2. The van der Waals surface area contributed by atoms with Gasteiger partial charge in [0.2, 0.25) is 0 Å². The summed E-state index contributed by atoms with van der Waals surface area (Å²) in [6.07, 6.45) is 0. The first-order valence-corrected chi connectivity index (χ1v) is 10.1. The number of aliphatic imine (C=N–C) groups is 1. The van der Waals surface area contributed by atoms with E-state index in [1.165, 1.54) is 11.1 Å². The molecule has 26 heavy (non-hydrogen) atoms. The summed E-state index contributed by atoms with van der Waals surface area (Å²) in [5.41, 5.74) is 3.54. The predicted octanol–water partition coefficient (Wildman–Crippen LogP) is 3.62. The molecule has 0 aliphatic heterocycles. The molecule has 0 amide bonds. The Morgan fingerprint density at radius 2 is 1.69 bits per heavy atom. The molecule has 1 unspecified atom stereocenters. The highest BCUT2D eigenvalue weighted by Gasteiger charge is 2.03. The van der Waals surface area contributed by atoms with Gasteiger partial charge >= 0.3 is 0 Å². The Kier molecular flexibility index (Phi) is 11.2. The van der Waals surface area contributed by atoms with Gasteiger partial charge in [0.05, 0.1) is 6.54 Å². The van der Waals surface area contributed by atoms with Crippen LogP contribution in [0.15, 0.2) is 59.6 Å². The fourth-order valence-corrected chi connectivity index (χ4v) is 3.36. The molecule has 0 fully saturated rings. The van der Waals surface area contributed by atoms with Gasteiger partial charge in [-0.15, -0.1) is 24.0 Å². The minimum Gasteiger partial charge on any atom is -0.357 e. The molecule has 1 atom stereocenters. The van der Waals surface area contributed by atoms with E-state index in [9.17, 15) is 4.21 Å². The predicted molar refractivity (Wildman–Crippen MR) is 123 cm³/mol. The van der Waals surface area contributed by atoms with E-state index in [4.69, 9.17) is 0 Å². The quantitative estimate of drug-likeness (QED) is 0.341. The fourth-order valence-electron chi connectivity index (χ4n) is 2.32. The number of nitrogens with zero attached hydrogens (tertiary/aromatic N) is 1. The Labute approximate surface area is 176 Å². The molecule has 0 saturated heterocycles. The van der Waals surface area contributed by atoms with Crippen LogP contribution in [0.1, 0.15) is 23.6 Å². The van der Waals surface area contributed by atoms with Crippen LogP contribution >= 0.6 is 24.0 Å². The smallest absolute Gasteiger partial charge is 0.191 e. The normalized spacial score (nSPS) is 12.2. The van der Waals surface area contributed by atoms with Crippen molar-refractivity contribution in [1.82, 2.24) is 10.6 Å². The van der Waals surface area contributed by atoms with Crippen molar-refractivity contribution in [3.8, 4) is 0 Å². The number of halogens is 1. The van der Waals surface area contributed by atoms with Crippen molar-refractivity contribution in [3.05, 3.63) is 71.3 Å². The molecule has 0 spiro atoms. The summed E-state index contributed by atoms with van der Waals surface area (Å²) in [4.78, 5) is 4.59. The van der Waals surface area contributed by atoms with E-state index in [-0.39, 0.29) is 24.0 Å². The maximum atomic E-state index is 12.2. The average Bonchev–Trinajstić information content (AvgIpc) is 2.62. The lowest BCUT2D eigenvalue weighted by molar-refractivity contribution is 0.680. The number of hydrogen-bond donors (Lipinski definition) is 2. The van der Waals surface area contributed by atoms with Crippen molar-refractivity contribution in [2.45, 2.75) is 26.1 Å². The summed E-state index contributed by atoms with van der Waals surface area (Å²) in [6.45, 7) is 6.18. The molecule has 6 heteroatoms. The standard InChI is InChI=1S/C20H27N3OS.HI/c1-3-21-20(23-15-18-11-9-17(2)10-12-18)22-13-14-25(24)16-19-7-5-4-6-8-19;/h4-12H,3,13-16H2,1-2H3,(H2,21,22,23);1H. The van der Waals surface area contributed by atoms with Crippen LogP contribution in [-0.2, 0) is 23.1 Å². The zero-order valence-electron chi connectivity index (χ0n) is 15.4. The summed E-state index contributed by atoms with van der Waals surface area (Å²) >= 11 is 0. The van der Waals surface area contributed by atoms with Gasteiger partial charge < -0.3 is 10.6 Å². The van der Waals surface area contributed by atoms with Crippen molar-refractivity contribution >= 4 is 40.7 Å². The van der Waals surface area contributed by atoms with E-state index >= 15 is 0 Å². The molecular weight excluding hydrogens is 457 g/mol. The van der Waals surface area contributed by atoms with Gasteiger partial charge in [0.1, 0.15) is 0 Å². The zero-order valence-corrected chi connectivity index (χ0v) is 18.6. The Bertz CT molecular complexity index is 690. The van der Waals surface area contributed by atoms with Crippen molar-refractivity contribution < 1.29 is 4.21 Å². The molecule has 0 aromatic heterocycles. The highest BCUT2D eigenvalue weighted by Crippen LogP contribution is 2.04. The lowest BCUT2D eigenvalue weighted by Crippen LogP contribution is -2.39. The third-order valence-corrected chi connectivity index (χ3v) is 4.99.